The minimum atomic E-state index is -3.58. The fourth-order valence-electron chi connectivity index (χ4n) is 2.75. The summed E-state index contributed by atoms with van der Waals surface area (Å²) in [6, 6.07) is 7.70. The first-order valence-corrected chi connectivity index (χ1v) is 8.61. The van der Waals surface area contributed by atoms with Crippen molar-refractivity contribution < 1.29 is 8.42 Å². The minimum Gasteiger partial charge on any atom is -0.332 e. The second-order valence-electron chi connectivity index (χ2n) is 5.52. The van der Waals surface area contributed by atoms with E-state index < -0.39 is 10.0 Å². The first kappa shape index (κ1) is 14.1. The molecule has 112 valence electrons. The van der Waals surface area contributed by atoms with Crippen molar-refractivity contribution in [2.45, 2.75) is 31.7 Å². The van der Waals surface area contributed by atoms with Gasteiger partial charge in [0.1, 0.15) is 5.82 Å². The van der Waals surface area contributed by atoms with Crippen LogP contribution < -0.4 is 4.31 Å². The molecule has 1 aliphatic heterocycles. The van der Waals surface area contributed by atoms with Gasteiger partial charge in [-0.1, -0.05) is 32.0 Å². The Labute approximate surface area is 125 Å². The van der Waals surface area contributed by atoms with Crippen molar-refractivity contribution in [1.82, 2.24) is 9.97 Å². The van der Waals surface area contributed by atoms with Gasteiger partial charge in [-0.3, -0.25) is 4.31 Å². The molecule has 1 aliphatic rings. The molecule has 0 bridgehead atoms. The van der Waals surface area contributed by atoms with Gasteiger partial charge in [0.25, 0.3) is 10.0 Å². The number of fused-ring (bicyclic) bond motifs is 1. The van der Waals surface area contributed by atoms with Crippen LogP contribution in [-0.2, 0) is 22.9 Å². The molecular weight excluding hydrogens is 286 g/mol. The highest BCUT2D eigenvalue weighted by Gasteiger charge is 2.32. The van der Waals surface area contributed by atoms with Gasteiger partial charge in [-0.05, 0) is 24.0 Å². The van der Waals surface area contributed by atoms with Crippen LogP contribution in [0.15, 0.2) is 35.5 Å². The van der Waals surface area contributed by atoms with E-state index >= 15 is 0 Å². The number of nitrogens with zero attached hydrogens (tertiary/aromatic N) is 2. The molecule has 0 spiro atoms. The lowest BCUT2D eigenvalue weighted by molar-refractivity contribution is 0.543. The normalized spacial score (nSPS) is 18.6. The van der Waals surface area contributed by atoms with E-state index in [4.69, 9.17) is 0 Å². The van der Waals surface area contributed by atoms with Crippen molar-refractivity contribution >= 4 is 15.7 Å². The van der Waals surface area contributed by atoms with Gasteiger partial charge < -0.3 is 4.98 Å². The zero-order chi connectivity index (χ0) is 15.0. The van der Waals surface area contributed by atoms with Crippen LogP contribution in [0.5, 0.6) is 0 Å². The highest BCUT2D eigenvalue weighted by Crippen LogP contribution is 2.33. The van der Waals surface area contributed by atoms with E-state index in [2.05, 4.69) is 16.9 Å². The molecule has 6 heteroatoms. The molecule has 2 heterocycles. The van der Waals surface area contributed by atoms with Crippen molar-refractivity contribution in [2.75, 3.05) is 10.8 Å². The van der Waals surface area contributed by atoms with Gasteiger partial charge in [0.2, 0.25) is 0 Å². The first-order chi connectivity index (χ1) is 10.0. The van der Waals surface area contributed by atoms with Crippen LogP contribution in [0.3, 0.4) is 0 Å². The summed E-state index contributed by atoms with van der Waals surface area (Å²) >= 11 is 0. The summed E-state index contributed by atoms with van der Waals surface area (Å²) in [5.74, 6) is 0.982. The standard InChI is InChI=1S/C15H19N3O2S/c1-3-14-16-9-15(17-14)21(19,20)18-10-11(2)8-12-6-4-5-7-13(12)18/h4-7,9,11H,3,8,10H2,1-2H3,(H,16,17). The third-order valence-corrected chi connectivity index (χ3v) is 5.50. The smallest absolute Gasteiger partial charge is 0.281 e. The fraction of sp³-hybridized carbons (Fsp3) is 0.400. The number of hydrogen-bond donors (Lipinski definition) is 1. The summed E-state index contributed by atoms with van der Waals surface area (Å²) in [4.78, 5) is 7.01. The summed E-state index contributed by atoms with van der Waals surface area (Å²) in [5.41, 5.74) is 1.86. The van der Waals surface area contributed by atoms with E-state index in [0.717, 1.165) is 17.7 Å². The highest BCUT2D eigenvalue weighted by atomic mass is 32.2. The topological polar surface area (TPSA) is 66.1 Å². The Morgan fingerprint density at radius 2 is 2.14 bits per heavy atom. The second kappa shape index (κ2) is 5.18. The molecule has 1 unspecified atom stereocenters. The van der Waals surface area contributed by atoms with Gasteiger partial charge in [-0.2, -0.15) is 8.42 Å². The van der Waals surface area contributed by atoms with Crippen LogP contribution in [0.1, 0.15) is 25.2 Å². The van der Waals surface area contributed by atoms with Gasteiger partial charge in [0.15, 0.2) is 5.03 Å². The number of para-hydroxylation sites is 1. The maximum absolute atomic E-state index is 12.9. The SMILES string of the molecule is CCc1ncc(S(=O)(=O)N2CC(C)Cc3ccccc32)[nH]1. The van der Waals surface area contributed by atoms with Crippen LogP contribution in [0.2, 0.25) is 0 Å². The van der Waals surface area contributed by atoms with Gasteiger partial charge in [-0.25, -0.2) is 4.98 Å². The average molecular weight is 305 g/mol. The lowest BCUT2D eigenvalue weighted by Crippen LogP contribution is -2.39. The Morgan fingerprint density at radius 1 is 1.38 bits per heavy atom. The Morgan fingerprint density at radius 3 is 2.86 bits per heavy atom. The number of aromatic nitrogens is 2. The zero-order valence-electron chi connectivity index (χ0n) is 12.2. The first-order valence-electron chi connectivity index (χ1n) is 7.17. The number of nitrogens with one attached hydrogen (secondary N) is 1. The lowest BCUT2D eigenvalue weighted by Gasteiger charge is -2.33. The van der Waals surface area contributed by atoms with Gasteiger partial charge >= 0.3 is 0 Å². The molecule has 1 N–H and O–H groups in total. The summed E-state index contributed by atoms with van der Waals surface area (Å²) in [6.45, 7) is 4.51. The van der Waals surface area contributed by atoms with Gasteiger partial charge in [0.05, 0.1) is 11.9 Å². The predicted octanol–water partition coefficient (Wildman–Crippen LogP) is 2.36. The van der Waals surface area contributed by atoms with Gasteiger partial charge in [0, 0.05) is 13.0 Å². The van der Waals surface area contributed by atoms with E-state index in [0.29, 0.717) is 24.7 Å². The summed E-state index contributed by atoms with van der Waals surface area (Å²) in [6.07, 6.45) is 3.00. The lowest BCUT2D eigenvalue weighted by atomic mass is 9.96. The number of benzene rings is 1. The minimum absolute atomic E-state index is 0.170. The average Bonchev–Trinajstić information content (AvgIpc) is 2.96. The quantitative estimate of drug-likeness (QED) is 0.946. The Bertz CT molecular complexity index is 752. The number of aryl methyl sites for hydroxylation is 1. The van der Waals surface area contributed by atoms with Crippen molar-refractivity contribution in [3.8, 4) is 0 Å². The van der Waals surface area contributed by atoms with E-state index in [1.807, 2.05) is 31.2 Å². The van der Waals surface area contributed by atoms with Crippen molar-refractivity contribution in [2.24, 2.45) is 5.92 Å². The Hall–Kier alpha value is -1.82. The molecule has 2 aromatic rings. The molecule has 0 radical (unpaired) electrons. The molecule has 0 saturated carbocycles. The van der Waals surface area contributed by atoms with Crippen LogP contribution in [0.4, 0.5) is 5.69 Å². The molecule has 3 rings (SSSR count). The number of aromatic amines is 1. The molecule has 21 heavy (non-hydrogen) atoms. The molecule has 0 amide bonds. The van der Waals surface area contributed by atoms with Crippen LogP contribution in [0, 0.1) is 5.92 Å². The second-order valence-corrected chi connectivity index (χ2v) is 7.35. The summed E-state index contributed by atoms with van der Waals surface area (Å²) < 4.78 is 27.3. The Kier molecular flexibility index (Phi) is 3.49. The molecule has 0 fully saturated rings. The van der Waals surface area contributed by atoms with E-state index in [1.54, 1.807) is 0 Å². The number of rotatable bonds is 3. The maximum Gasteiger partial charge on any atom is 0.281 e. The third kappa shape index (κ3) is 2.44. The summed E-state index contributed by atoms with van der Waals surface area (Å²) in [7, 11) is -3.58. The number of imidazole rings is 1. The van der Waals surface area contributed by atoms with Crippen LogP contribution >= 0.6 is 0 Å². The molecule has 1 atom stereocenters. The van der Waals surface area contributed by atoms with Crippen molar-refractivity contribution in [3.63, 3.8) is 0 Å². The number of sulfonamides is 1. The van der Waals surface area contributed by atoms with Crippen LogP contribution in [-0.4, -0.2) is 24.9 Å². The molecular formula is C15H19N3O2S. The molecule has 0 saturated heterocycles. The largest absolute Gasteiger partial charge is 0.332 e. The number of anilines is 1. The molecule has 5 nitrogen and oxygen atoms in total. The predicted molar refractivity (Wildman–Crippen MR) is 81.8 cm³/mol. The third-order valence-electron chi connectivity index (χ3n) is 3.81. The van der Waals surface area contributed by atoms with E-state index in [-0.39, 0.29) is 5.03 Å². The fourth-order valence-corrected chi connectivity index (χ4v) is 4.31. The zero-order valence-corrected chi connectivity index (χ0v) is 13.0. The van der Waals surface area contributed by atoms with E-state index in [1.165, 1.54) is 10.5 Å². The molecule has 1 aromatic heterocycles. The number of H-pyrrole nitrogens is 1. The van der Waals surface area contributed by atoms with Crippen LogP contribution in [0.25, 0.3) is 0 Å². The highest BCUT2D eigenvalue weighted by molar-refractivity contribution is 7.92. The molecule has 0 aliphatic carbocycles. The summed E-state index contributed by atoms with van der Waals surface area (Å²) in [5, 5.41) is 0.170. The monoisotopic (exact) mass is 305 g/mol. The van der Waals surface area contributed by atoms with Crippen molar-refractivity contribution in [1.29, 1.82) is 0 Å². The number of hydrogen-bond acceptors (Lipinski definition) is 3. The van der Waals surface area contributed by atoms with E-state index in [9.17, 15) is 8.42 Å². The molecule has 1 aromatic carbocycles. The Balaban J connectivity index is 2.07. The van der Waals surface area contributed by atoms with Gasteiger partial charge in [-0.15, -0.1) is 0 Å². The maximum atomic E-state index is 12.9. The van der Waals surface area contributed by atoms with Crippen molar-refractivity contribution in [3.05, 3.63) is 41.9 Å².